The van der Waals surface area contributed by atoms with Crippen LogP contribution in [0.1, 0.15) is 19.3 Å². The SMILES string of the molecule is C=C=CCCCC=O. The highest BCUT2D eigenvalue weighted by Crippen LogP contribution is 1.91. The van der Waals surface area contributed by atoms with Crippen LogP contribution in [0.25, 0.3) is 0 Å². The van der Waals surface area contributed by atoms with E-state index in [1.165, 1.54) is 0 Å². The van der Waals surface area contributed by atoms with Gasteiger partial charge in [-0.15, -0.1) is 5.73 Å². The van der Waals surface area contributed by atoms with Gasteiger partial charge in [-0.3, -0.25) is 0 Å². The molecule has 0 fully saturated rings. The van der Waals surface area contributed by atoms with Crippen molar-refractivity contribution in [2.75, 3.05) is 0 Å². The molecule has 0 aromatic carbocycles. The Hall–Kier alpha value is -0.810. The second-order valence-corrected chi connectivity index (χ2v) is 1.51. The van der Waals surface area contributed by atoms with Gasteiger partial charge in [-0.2, -0.15) is 0 Å². The van der Waals surface area contributed by atoms with E-state index in [0.29, 0.717) is 6.42 Å². The van der Waals surface area contributed by atoms with Crippen molar-refractivity contribution in [2.24, 2.45) is 0 Å². The fraction of sp³-hybridized carbons (Fsp3) is 0.429. The van der Waals surface area contributed by atoms with Crippen LogP contribution in [0, 0.1) is 0 Å². The number of hydrogen-bond acceptors (Lipinski definition) is 1. The minimum Gasteiger partial charge on any atom is -0.303 e. The minimum absolute atomic E-state index is 0.651. The predicted molar refractivity (Wildman–Crippen MR) is 33.6 cm³/mol. The molecule has 0 aliphatic carbocycles. The van der Waals surface area contributed by atoms with Crippen molar-refractivity contribution in [2.45, 2.75) is 19.3 Å². The summed E-state index contributed by atoms with van der Waals surface area (Å²) in [7, 11) is 0. The molecule has 44 valence electrons. The molecule has 0 bridgehead atoms. The van der Waals surface area contributed by atoms with E-state index < -0.39 is 0 Å². The lowest BCUT2D eigenvalue weighted by molar-refractivity contribution is -0.107. The molecule has 0 aromatic rings. The molecule has 0 amide bonds. The third-order valence-corrected chi connectivity index (χ3v) is 0.815. The van der Waals surface area contributed by atoms with Crippen LogP contribution < -0.4 is 0 Å². The van der Waals surface area contributed by atoms with Gasteiger partial charge in [-0.05, 0) is 18.9 Å². The fourth-order valence-corrected chi connectivity index (χ4v) is 0.405. The van der Waals surface area contributed by atoms with Gasteiger partial charge in [-0.1, -0.05) is 6.58 Å². The molecule has 0 atom stereocenters. The molecule has 0 N–H and O–H groups in total. The average molecular weight is 110 g/mol. The Bertz CT molecular complexity index is 99.0. The van der Waals surface area contributed by atoms with Crippen LogP contribution >= 0.6 is 0 Å². The van der Waals surface area contributed by atoms with Crippen molar-refractivity contribution in [1.82, 2.24) is 0 Å². The molecule has 0 radical (unpaired) electrons. The number of allylic oxidation sites excluding steroid dienone is 1. The first-order valence-electron chi connectivity index (χ1n) is 2.69. The quantitative estimate of drug-likeness (QED) is 0.306. The number of hydrogen-bond donors (Lipinski definition) is 0. The van der Waals surface area contributed by atoms with Crippen LogP contribution in [0.15, 0.2) is 18.4 Å². The van der Waals surface area contributed by atoms with E-state index >= 15 is 0 Å². The number of unbranched alkanes of at least 4 members (excludes halogenated alkanes) is 2. The fourth-order valence-electron chi connectivity index (χ4n) is 0.405. The summed E-state index contributed by atoms with van der Waals surface area (Å²) >= 11 is 0. The summed E-state index contributed by atoms with van der Waals surface area (Å²) in [6.07, 6.45) is 5.26. The smallest absolute Gasteiger partial charge is 0.120 e. The molecule has 0 heterocycles. The van der Waals surface area contributed by atoms with Crippen molar-refractivity contribution in [3.05, 3.63) is 18.4 Å². The van der Waals surface area contributed by atoms with Crippen molar-refractivity contribution >= 4 is 6.29 Å². The lowest BCUT2D eigenvalue weighted by Gasteiger charge is -1.81. The third kappa shape index (κ3) is 5.19. The van der Waals surface area contributed by atoms with E-state index in [2.05, 4.69) is 12.3 Å². The lowest BCUT2D eigenvalue weighted by atomic mass is 10.2. The molecule has 0 unspecified atom stereocenters. The Morgan fingerprint density at radius 2 is 2.25 bits per heavy atom. The zero-order chi connectivity index (χ0) is 6.24. The Balaban J connectivity index is 2.93. The van der Waals surface area contributed by atoms with Crippen LogP contribution in [-0.4, -0.2) is 6.29 Å². The molecule has 0 aliphatic rings. The van der Waals surface area contributed by atoms with Gasteiger partial charge >= 0.3 is 0 Å². The van der Waals surface area contributed by atoms with Gasteiger partial charge in [0.05, 0.1) is 0 Å². The molecule has 1 nitrogen and oxygen atoms in total. The zero-order valence-corrected chi connectivity index (χ0v) is 4.89. The van der Waals surface area contributed by atoms with E-state index in [4.69, 9.17) is 0 Å². The molecule has 0 saturated heterocycles. The first-order valence-corrected chi connectivity index (χ1v) is 2.69. The number of carbonyl (C=O) groups is 1. The second kappa shape index (κ2) is 6.19. The lowest BCUT2D eigenvalue weighted by Crippen LogP contribution is -1.71. The largest absolute Gasteiger partial charge is 0.303 e. The maximum absolute atomic E-state index is 9.72. The average Bonchev–Trinajstić information content (AvgIpc) is 1.81. The summed E-state index contributed by atoms with van der Waals surface area (Å²) in [5, 5.41) is 0. The van der Waals surface area contributed by atoms with Crippen molar-refractivity contribution in [3.63, 3.8) is 0 Å². The van der Waals surface area contributed by atoms with Crippen molar-refractivity contribution < 1.29 is 4.79 Å². The molecule has 8 heavy (non-hydrogen) atoms. The van der Waals surface area contributed by atoms with Crippen LogP contribution in [0.2, 0.25) is 0 Å². The Morgan fingerprint density at radius 3 is 2.75 bits per heavy atom. The van der Waals surface area contributed by atoms with Crippen LogP contribution in [0.5, 0.6) is 0 Å². The normalized spacial score (nSPS) is 7.50. The van der Waals surface area contributed by atoms with Crippen LogP contribution in [-0.2, 0) is 4.79 Å². The van der Waals surface area contributed by atoms with Gasteiger partial charge in [-0.25, -0.2) is 0 Å². The van der Waals surface area contributed by atoms with E-state index in [1.807, 2.05) is 6.08 Å². The van der Waals surface area contributed by atoms with E-state index in [-0.39, 0.29) is 0 Å². The summed E-state index contributed by atoms with van der Waals surface area (Å²) in [4.78, 5) is 9.72. The first-order chi connectivity index (χ1) is 3.91. The summed E-state index contributed by atoms with van der Waals surface area (Å²) in [6.45, 7) is 3.39. The highest BCUT2D eigenvalue weighted by Gasteiger charge is 1.78. The van der Waals surface area contributed by atoms with E-state index in [9.17, 15) is 4.79 Å². The van der Waals surface area contributed by atoms with Gasteiger partial charge in [0.25, 0.3) is 0 Å². The first kappa shape index (κ1) is 7.19. The van der Waals surface area contributed by atoms with Crippen molar-refractivity contribution in [1.29, 1.82) is 0 Å². The van der Waals surface area contributed by atoms with Gasteiger partial charge in [0.15, 0.2) is 0 Å². The highest BCUT2D eigenvalue weighted by molar-refractivity contribution is 5.48. The summed E-state index contributed by atoms with van der Waals surface area (Å²) in [5.41, 5.74) is 2.64. The van der Waals surface area contributed by atoms with Gasteiger partial charge in [0, 0.05) is 6.42 Å². The van der Waals surface area contributed by atoms with Crippen LogP contribution in [0.3, 0.4) is 0 Å². The topological polar surface area (TPSA) is 17.1 Å². The molecule has 0 rings (SSSR count). The molecular formula is C7H10O. The minimum atomic E-state index is 0.651. The van der Waals surface area contributed by atoms with E-state index in [1.54, 1.807) is 0 Å². The summed E-state index contributed by atoms with van der Waals surface area (Å²) < 4.78 is 0. The summed E-state index contributed by atoms with van der Waals surface area (Å²) in [6, 6.07) is 0. The predicted octanol–water partition coefficient (Wildman–Crippen LogP) is 1.70. The molecular weight excluding hydrogens is 100 g/mol. The standard InChI is InChI=1S/C7H10O/c1-2-3-4-5-6-7-8/h3,7H,1,4-6H2. The Labute approximate surface area is 49.7 Å². The molecule has 0 aromatic heterocycles. The summed E-state index contributed by atoms with van der Waals surface area (Å²) in [5.74, 6) is 0. The number of aldehydes is 1. The van der Waals surface area contributed by atoms with Gasteiger partial charge in [0.2, 0.25) is 0 Å². The third-order valence-electron chi connectivity index (χ3n) is 0.815. The van der Waals surface area contributed by atoms with Crippen LogP contribution in [0.4, 0.5) is 0 Å². The molecule has 0 saturated carbocycles. The zero-order valence-electron chi connectivity index (χ0n) is 4.89. The van der Waals surface area contributed by atoms with Gasteiger partial charge < -0.3 is 4.79 Å². The number of rotatable bonds is 4. The monoisotopic (exact) mass is 110 g/mol. The van der Waals surface area contributed by atoms with Crippen molar-refractivity contribution in [3.8, 4) is 0 Å². The van der Waals surface area contributed by atoms with E-state index in [0.717, 1.165) is 19.1 Å². The Morgan fingerprint density at radius 1 is 1.50 bits per heavy atom. The molecule has 1 heteroatoms. The Kier molecular flexibility index (Phi) is 5.56. The maximum atomic E-state index is 9.72. The van der Waals surface area contributed by atoms with Gasteiger partial charge in [0.1, 0.15) is 6.29 Å². The maximum Gasteiger partial charge on any atom is 0.120 e. The highest BCUT2D eigenvalue weighted by atomic mass is 16.1. The molecule has 0 spiro atoms. The second-order valence-electron chi connectivity index (χ2n) is 1.51. The number of carbonyl (C=O) groups excluding carboxylic acids is 1. The molecule has 0 aliphatic heterocycles.